The zero-order chi connectivity index (χ0) is 9.84. The van der Waals surface area contributed by atoms with E-state index in [2.05, 4.69) is 10.3 Å². The molecule has 5 heteroatoms. The average molecular weight is 179 g/mol. The van der Waals surface area contributed by atoms with Gasteiger partial charge in [0.25, 0.3) is 5.56 Å². The van der Waals surface area contributed by atoms with Crippen LogP contribution in [0.2, 0.25) is 0 Å². The fraction of sp³-hybridized carbons (Fsp3) is 0.250. The van der Waals surface area contributed by atoms with Crippen molar-refractivity contribution in [2.75, 3.05) is 11.9 Å². The number of H-pyrrole nitrogens is 1. The molecule has 5 nitrogen and oxygen atoms in total. The van der Waals surface area contributed by atoms with Gasteiger partial charge in [0, 0.05) is 12.6 Å². The van der Waals surface area contributed by atoms with Gasteiger partial charge in [0.05, 0.1) is 5.69 Å². The van der Waals surface area contributed by atoms with Gasteiger partial charge in [-0.3, -0.25) is 9.78 Å². The number of rotatable bonds is 2. The van der Waals surface area contributed by atoms with E-state index < -0.39 is 11.4 Å². The zero-order valence-electron chi connectivity index (χ0n) is 7.09. The van der Waals surface area contributed by atoms with Crippen molar-refractivity contribution in [3.63, 3.8) is 0 Å². The largest absolute Gasteiger partial charge is 0.494 e. The number of hydrogen-bond donors (Lipinski definition) is 3. The van der Waals surface area contributed by atoms with Crippen molar-refractivity contribution in [3.8, 4) is 11.9 Å². The molecule has 1 heterocycles. The molecule has 0 aromatic carbocycles. The maximum absolute atomic E-state index is 10.9. The minimum Gasteiger partial charge on any atom is -0.494 e. The predicted octanol–water partition coefficient (Wildman–Crippen LogP) is 0.384. The second kappa shape index (κ2) is 3.63. The Hall–Kier alpha value is -1.96. The van der Waals surface area contributed by atoms with Crippen LogP contribution >= 0.6 is 0 Å². The van der Waals surface area contributed by atoms with Crippen molar-refractivity contribution in [1.82, 2.24) is 4.98 Å². The van der Waals surface area contributed by atoms with Gasteiger partial charge in [-0.05, 0) is 6.92 Å². The molecule has 0 fully saturated rings. The molecule has 1 aromatic rings. The first-order chi connectivity index (χ1) is 6.19. The lowest BCUT2D eigenvalue weighted by Gasteiger charge is -2.05. The van der Waals surface area contributed by atoms with Crippen molar-refractivity contribution < 1.29 is 5.11 Å². The molecule has 0 saturated carbocycles. The van der Waals surface area contributed by atoms with Gasteiger partial charge in [-0.25, -0.2) is 0 Å². The summed E-state index contributed by atoms with van der Waals surface area (Å²) in [6.45, 7) is 2.41. The highest BCUT2D eigenvalue weighted by Crippen LogP contribution is 2.18. The molecule has 0 aliphatic heterocycles. The van der Waals surface area contributed by atoms with E-state index in [1.807, 2.05) is 6.92 Å². The Labute approximate surface area is 74.6 Å². The number of nitrogens with zero attached hydrogens (tertiary/aromatic N) is 1. The second-order valence-corrected chi connectivity index (χ2v) is 2.41. The van der Waals surface area contributed by atoms with Crippen LogP contribution in [0, 0.1) is 11.3 Å². The van der Waals surface area contributed by atoms with Crippen LogP contribution in [0.4, 0.5) is 5.69 Å². The third kappa shape index (κ3) is 1.79. The van der Waals surface area contributed by atoms with E-state index in [0.717, 1.165) is 0 Å². The lowest BCUT2D eigenvalue weighted by Crippen LogP contribution is -2.09. The van der Waals surface area contributed by atoms with Gasteiger partial charge < -0.3 is 10.4 Å². The quantitative estimate of drug-likeness (QED) is 0.612. The third-order valence-corrected chi connectivity index (χ3v) is 1.50. The molecule has 0 aliphatic carbocycles. The number of aromatic nitrogens is 1. The smallest absolute Gasteiger partial charge is 0.252 e. The van der Waals surface area contributed by atoms with E-state index in [0.29, 0.717) is 12.2 Å². The van der Waals surface area contributed by atoms with Crippen LogP contribution in [0.25, 0.3) is 0 Å². The van der Waals surface area contributed by atoms with Crippen LogP contribution in [0.1, 0.15) is 12.5 Å². The van der Waals surface area contributed by atoms with Gasteiger partial charge in [-0.2, -0.15) is 5.26 Å². The highest BCUT2D eigenvalue weighted by Gasteiger charge is 2.07. The van der Waals surface area contributed by atoms with E-state index in [9.17, 15) is 9.90 Å². The van der Waals surface area contributed by atoms with Crippen molar-refractivity contribution in [2.24, 2.45) is 0 Å². The number of pyridine rings is 1. The first kappa shape index (κ1) is 9.13. The standard InChI is InChI=1S/C8H9N3O2/c1-2-10-6-3-7(12)11-8(13)5(6)4-9/h3H,2H2,1H3,(H3,10,11,12,13). The number of nitriles is 1. The van der Waals surface area contributed by atoms with Crippen molar-refractivity contribution >= 4 is 5.69 Å². The molecule has 0 bridgehead atoms. The number of aromatic hydroxyl groups is 1. The van der Waals surface area contributed by atoms with Crippen LogP contribution in [0.15, 0.2) is 10.9 Å². The highest BCUT2D eigenvalue weighted by molar-refractivity contribution is 5.60. The summed E-state index contributed by atoms with van der Waals surface area (Å²) in [5.41, 5.74) is -0.0276. The lowest BCUT2D eigenvalue weighted by atomic mass is 10.2. The van der Waals surface area contributed by atoms with Gasteiger partial charge >= 0.3 is 0 Å². The maximum Gasteiger partial charge on any atom is 0.252 e. The van der Waals surface area contributed by atoms with Gasteiger partial charge in [0.1, 0.15) is 11.6 Å². The molecule has 3 N–H and O–H groups in total. The topological polar surface area (TPSA) is 88.9 Å². The highest BCUT2D eigenvalue weighted by atomic mass is 16.3. The average Bonchev–Trinajstić information content (AvgIpc) is 2.04. The maximum atomic E-state index is 10.9. The van der Waals surface area contributed by atoms with E-state index in [-0.39, 0.29) is 5.56 Å². The summed E-state index contributed by atoms with van der Waals surface area (Å²) in [6, 6.07) is 3.03. The Balaban J connectivity index is 3.31. The summed E-state index contributed by atoms with van der Waals surface area (Å²) >= 11 is 0. The Morgan fingerprint density at radius 3 is 3.00 bits per heavy atom. The Morgan fingerprint density at radius 1 is 1.77 bits per heavy atom. The van der Waals surface area contributed by atoms with E-state index >= 15 is 0 Å². The molecule has 0 radical (unpaired) electrons. The monoisotopic (exact) mass is 179 g/mol. The summed E-state index contributed by atoms with van der Waals surface area (Å²) in [5.74, 6) is -0.397. The molecular formula is C8H9N3O2. The molecule has 0 amide bonds. The van der Waals surface area contributed by atoms with Crippen molar-refractivity contribution in [3.05, 3.63) is 22.0 Å². The molecule has 0 unspecified atom stereocenters. The number of aromatic amines is 1. The Kier molecular flexibility index (Phi) is 2.55. The van der Waals surface area contributed by atoms with Crippen LogP contribution in [-0.2, 0) is 0 Å². The van der Waals surface area contributed by atoms with Gasteiger partial charge in [-0.1, -0.05) is 0 Å². The normalized spacial score (nSPS) is 9.23. The minimum absolute atomic E-state index is 0.0569. The molecule has 0 atom stereocenters. The SMILES string of the molecule is CCNc1cc(=O)[nH]c(O)c1C#N. The van der Waals surface area contributed by atoms with E-state index in [1.165, 1.54) is 6.07 Å². The van der Waals surface area contributed by atoms with E-state index in [1.54, 1.807) is 6.07 Å². The van der Waals surface area contributed by atoms with Crippen LogP contribution < -0.4 is 10.9 Å². The van der Waals surface area contributed by atoms with Crippen molar-refractivity contribution in [1.29, 1.82) is 5.26 Å². The molecule has 0 spiro atoms. The lowest BCUT2D eigenvalue weighted by molar-refractivity contribution is 0.450. The van der Waals surface area contributed by atoms with Crippen LogP contribution in [0.5, 0.6) is 5.88 Å². The summed E-state index contributed by atoms with van der Waals surface area (Å²) in [7, 11) is 0. The molecule has 68 valence electrons. The van der Waals surface area contributed by atoms with Crippen molar-refractivity contribution in [2.45, 2.75) is 6.92 Å². The Morgan fingerprint density at radius 2 is 2.46 bits per heavy atom. The fourth-order valence-electron chi connectivity index (χ4n) is 0.989. The summed E-state index contributed by atoms with van der Waals surface area (Å²) in [4.78, 5) is 13.0. The predicted molar refractivity (Wildman–Crippen MR) is 47.6 cm³/mol. The molecular weight excluding hydrogens is 170 g/mol. The molecule has 1 aromatic heterocycles. The van der Waals surface area contributed by atoms with Crippen LogP contribution in [0.3, 0.4) is 0 Å². The fourth-order valence-corrected chi connectivity index (χ4v) is 0.989. The first-order valence-corrected chi connectivity index (χ1v) is 3.79. The third-order valence-electron chi connectivity index (χ3n) is 1.50. The van der Waals surface area contributed by atoms with E-state index in [4.69, 9.17) is 5.26 Å². The summed E-state index contributed by atoms with van der Waals surface area (Å²) < 4.78 is 0. The summed E-state index contributed by atoms with van der Waals surface area (Å²) in [6.07, 6.45) is 0. The number of nitrogens with one attached hydrogen (secondary N) is 2. The number of hydrogen-bond acceptors (Lipinski definition) is 4. The molecule has 13 heavy (non-hydrogen) atoms. The van der Waals surface area contributed by atoms with Crippen LogP contribution in [-0.4, -0.2) is 16.6 Å². The molecule has 0 aliphatic rings. The van der Waals surface area contributed by atoms with Gasteiger partial charge in [-0.15, -0.1) is 0 Å². The zero-order valence-corrected chi connectivity index (χ0v) is 7.09. The van der Waals surface area contributed by atoms with Gasteiger partial charge in [0.2, 0.25) is 5.88 Å². The second-order valence-electron chi connectivity index (χ2n) is 2.41. The summed E-state index contributed by atoms with van der Waals surface area (Å²) in [5, 5.41) is 20.6. The minimum atomic E-state index is -0.438. The Bertz CT molecular complexity index is 403. The van der Waals surface area contributed by atoms with Gasteiger partial charge in [0.15, 0.2) is 0 Å². The first-order valence-electron chi connectivity index (χ1n) is 3.79. The molecule has 1 rings (SSSR count). The number of anilines is 1. The molecule has 0 saturated heterocycles.